The van der Waals surface area contributed by atoms with Crippen LogP contribution in [0.4, 0.5) is 5.69 Å². The molecule has 2 saturated heterocycles. The molecule has 2 N–H and O–H groups in total. The van der Waals surface area contributed by atoms with Gasteiger partial charge in [-0.2, -0.15) is 0 Å². The molecule has 6 nitrogen and oxygen atoms in total. The van der Waals surface area contributed by atoms with Gasteiger partial charge < -0.3 is 15.4 Å². The summed E-state index contributed by atoms with van der Waals surface area (Å²) in [5.74, 6) is 0.763. The topological polar surface area (TPSA) is 70.7 Å². The largest absolute Gasteiger partial charge is 0.376 e. The van der Waals surface area contributed by atoms with Crippen molar-refractivity contribution in [2.45, 2.75) is 58.1 Å². The molecule has 2 aliphatic rings. The van der Waals surface area contributed by atoms with E-state index >= 15 is 0 Å². The first-order valence-corrected chi connectivity index (χ1v) is 10.6. The van der Waals surface area contributed by atoms with E-state index in [4.69, 9.17) is 4.74 Å². The van der Waals surface area contributed by atoms with Crippen LogP contribution in [0.2, 0.25) is 0 Å². The molecule has 0 spiro atoms. The first kappa shape index (κ1) is 20.8. The van der Waals surface area contributed by atoms with Crippen molar-refractivity contribution in [2.75, 3.05) is 31.6 Å². The second-order valence-corrected chi connectivity index (χ2v) is 8.08. The number of rotatable bonds is 8. The number of nitrogens with one attached hydrogen (secondary N) is 2. The molecule has 28 heavy (non-hydrogen) atoms. The lowest BCUT2D eigenvalue weighted by Gasteiger charge is -2.32. The first-order valence-electron chi connectivity index (χ1n) is 10.6. The number of hydrogen-bond acceptors (Lipinski definition) is 4. The highest BCUT2D eigenvalue weighted by Crippen LogP contribution is 2.23. The number of hydrogen-bond donors (Lipinski definition) is 2. The summed E-state index contributed by atoms with van der Waals surface area (Å²) < 4.78 is 5.54. The molecule has 2 aliphatic heterocycles. The third kappa shape index (κ3) is 6.91. The van der Waals surface area contributed by atoms with Crippen LogP contribution in [-0.4, -0.2) is 49.1 Å². The number of benzene rings is 1. The van der Waals surface area contributed by atoms with Gasteiger partial charge in [-0.05, 0) is 68.8 Å². The summed E-state index contributed by atoms with van der Waals surface area (Å²) in [6.07, 6.45) is 6.32. The number of nitrogens with zero attached hydrogens (tertiary/aromatic N) is 1. The Morgan fingerprint density at radius 2 is 1.89 bits per heavy atom. The number of likely N-dealkylation sites (tertiary alicyclic amines) is 1. The van der Waals surface area contributed by atoms with E-state index in [9.17, 15) is 9.59 Å². The molecule has 2 amide bonds. The highest BCUT2D eigenvalue weighted by molar-refractivity contribution is 5.88. The highest BCUT2D eigenvalue weighted by atomic mass is 16.5. The van der Waals surface area contributed by atoms with Crippen LogP contribution >= 0.6 is 0 Å². The average molecular weight is 388 g/mol. The van der Waals surface area contributed by atoms with Gasteiger partial charge in [0.25, 0.3) is 0 Å². The molecule has 1 aromatic carbocycles. The molecule has 1 atom stereocenters. The number of piperidine rings is 1. The van der Waals surface area contributed by atoms with Crippen LogP contribution in [0.5, 0.6) is 0 Å². The summed E-state index contributed by atoms with van der Waals surface area (Å²) in [4.78, 5) is 25.6. The molecule has 154 valence electrons. The van der Waals surface area contributed by atoms with Gasteiger partial charge in [-0.3, -0.25) is 14.5 Å². The molecular formula is C22H33N3O3. The number of anilines is 1. The molecule has 6 heteroatoms. The van der Waals surface area contributed by atoms with Gasteiger partial charge in [0, 0.05) is 38.7 Å². The SMILES string of the molecule is CC(=O)Nc1ccc(CN2CCC(CCC(=O)NC[C@@H]3CCCO3)CC2)cc1. The van der Waals surface area contributed by atoms with Gasteiger partial charge >= 0.3 is 0 Å². The van der Waals surface area contributed by atoms with Gasteiger partial charge in [-0.15, -0.1) is 0 Å². The maximum atomic E-state index is 12.0. The van der Waals surface area contributed by atoms with E-state index in [2.05, 4.69) is 27.7 Å². The van der Waals surface area contributed by atoms with Crippen molar-refractivity contribution in [2.24, 2.45) is 5.92 Å². The number of carbonyl (C=O) groups excluding carboxylic acids is 2. The molecular weight excluding hydrogens is 354 g/mol. The standard InChI is InChI=1S/C22H33N3O3/c1-17(26)24-20-7-4-19(5-8-20)16-25-12-10-18(11-13-25)6-9-22(27)23-15-21-3-2-14-28-21/h4-5,7-8,18,21H,2-3,6,9-16H2,1H3,(H,23,27)(H,24,26)/t21-/m0/s1. The Morgan fingerprint density at radius 1 is 1.14 bits per heavy atom. The van der Waals surface area contributed by atoms with Crippen molar-refractivity contribution in [3.05, 3.63) is 29.8 Å². The van der Waals surface area contributed by atoms with E-state index in [1.807, 2.05) is 12.1 Å². The Bertz CT molecular complexity index is 633. The predicted octanol–water partition coefficient (Wildman–Crippen LogP) is 2.93. The number of amides is 2. The summed E-state index contributed by atoms with van der Waals surface area (Å²) in [6.45, 7) is 6.11. The van der Waals surface area contributed by atoms with Crippen molar-refractivity contribution >= 4 is 17.5 Å². The zero-order valence-corrected chi connectivity index (χ0v) is 16.9. The molecule has 2 fully saturated rings. The fourth-order valence-electron chi connectivity index (χ4n) is 4.04. The molecule has 1 aromatic rings. The molecule has 0 aliphatic carbocycles. The van der Waals surface area contributed by atoms with Gasteiger partial charge in [-0.25, -0.2) is 0 Å². The molecule has 0 unspecified atom stereocenters. The Morgan fingerprint density at radius 3 is 2.54 bits per heavy atom. The van der Waals surface area contributed by atoms with Gasteiger partial charge in [-0.1, -0.05) is 12.1 Å². The molecule has 0 bridgehead atoms. The van der Waals surface area contributed by atoms with Gasteiger partial charge in [0.05, 0.1) is 6.10 Å². The second kappa shape index (κ2) is 10.6. The lowest BCUT2D eigenvalue weighted by Crippen LogP contribution is -2.34. The smallest absolute Gasteiger partial charge is 0.221 e. The lowest BCUT2D eigenvalue weighted by molar-refractivity contribution is -0.122. The zero-order valence-electron chi connectivity index (χ0n) is 16.9. The van der Waals surface area contributed by atoms with Crippen molar-refractivity contribution in [3.63, 3.8) is 0 Å². The predicted molar refractivity (Wildman–Crippen MR) is 110 cm³/mol. The van der Waals surface area contributed by atoms with Gasteiger partial charge in [0.1, 0.15) is 0 Å². The maximum Gasteiger partial charge on any atom is 0.221 e. The van der Waals surface area contributed by atoms with Gasteiger partial charge in [0.2, 0.25) is 11.8 Å². The quantitative estimate of drug-likeness (QED) is 0.720. The maximum absolute atomic E-state index is 12.0. The van der Waals surface area contributed by atoms with E-state index in [1.165, 1.54) is 12.5 Å². The van der Waals surface area contributed by atoms with E-state index in [-0.39, 0.29) is 17.9 Å². The second-order valence-electron chi connectivity index (χ2n) is 8.08. The summed E-state index contributed by atoms with van der Waals surface area (Å²) >= 11 is 0. The Hall–Kier alpha value is -1.92. The van der Waals surface area contributed by atoms with Crippen molar-refractivity contribution in [3.8, 4) is 0 Å². The van der Waals surface area contributed by atoms with E-state index in [0.717, 1.165) is 64.0 Å². The van der Waals surface area contributed by atoms with E-state index < -0.39 is 0 Å². The first-order chi connectivity index (χ1) is 13.6. The molecule has 0 saturated carbocycles. The minimum atomic E-state index is -0.0460. The van der Waals surface area contributed by atoms with Crippen LogP contribution in [0.25, 0.3) is 0 Å². The minimum Gasteiger partial charge on any atom is -0.376 e. The Kier molecular flexibility index (Phi) is 7.86. The van der Waals surface area contributed by atoms with Crippen LogP contribution in [0.15, 0.2) is 24.3 Å². The molecule has 2 heterocycles. The highest BCUT2D eigenvalue weighted by Gasteiger charge is 2.21. The molecule has 3 rings (SSSR count). The van der Waals surface area contributed by atoms with Crippen LogP contribution < -0.4 is 10.6 Å². The normalized spacial score (nSPS) is 20.8. The van der Waals surface area contributed by atoms with Gasteiger partial charge in [0.15, 0.2) is 0 Å². The van der Waals surface area contributed by atoms with Crippen LogP contribution in [0, 0.1) is 5.92 Å². The lowest BCUT2D eigenvalue weighted by atomic mass is 9.92. The van der Waals surface area contributed by atoms with Crippen LogP contribution in [-0.2, 0) is 20.9 Å². The van der Waals surface area contributed by atoms with E-state index in [1.54, 1.807) is 0 Å². The number of ether oxygens (including phenoxy) is 1. The number of carbonyl (C=O) groups is 2. The third-order valence-corrected chi connectivity index (χ3v) is 5.72. The monoisotopic (exact) mass is 387 g/mol. The summed E-state index contributed by atoms with van der Waals surface area (Å²) in [6, 6.07) is 8.07. The fraction of sp³-hybridized carbons (Fsp3) is 0.636. The average Bonchev–Trinajstić information content (AvgIpc) is 3.21. The molecule has 0 aromatic heterocycles. The van der Waals surface area contributed by atoms with E-state index in [0.29, 0.717) is 18.9 Å². The van der Waals surface area contributed by atoms with Crippen LogP contribution in [0.1, 0.15) is 51.0 Å². The minimum absolute atomic E-state index is 0.0460. The van der Waals surface area contributed by atoms with Crippen LogP contribution in [0.3, 0.4) is 0 Å². The van der Waals surface area contributed by atoms with Crippen molar-refractivity contribution in [1.29, 1.82) is 0 Å². The summed E-state index contributed by atoms with van der Waals surface area (Å²) in [5, 5.41) is 5.82. The van der Waals surface area contributed by atoms with Crippen molar-refractivity contribution in [1.82, 2.24) is 10.2 Å². The van der Waals surface area contributed by atoms with Crippen molar-refractivity contribution < 1.29 is 14.3 Å². The fourth-order valence-corrected chi connectivity index (χ4v) is 4.04. The summed E-state index contributed by atoms with van der Waals surface area (Å²) in [5.41, 5.74) is 2.11. The summed E-state index contributed by atoms with van der Waals surface area (Å²) in [7, 11) is 0. The Labute approximate surface area is 168 Å². The third-order valence-electron chi connectivity index (χ3n) is 5.72. The molecule has 0 radical (unpaired) electrons. The Balaban J connectivity index is 1.30. The zero-order chi connectivity index (χ0) is 19.8.